The number of rotatable bonds is 4. The van der Waals surface area contributed by atoms with E-state index in [1.165, 1.54) is 10.4 Å². The third-order valence-corrected chi connectivity index (χ3v) is 6.66. The third kappa shape index (κ3) is 2.49. The van der Waals surface area contributed by atoms with Gasteiger partial charge in [-0.25, -0.2) is 4.24 Å². The van der Waals surface area contributed by atoms with E-state index in [1.54, 1.807) is 18.2 Å². The van der Waals surface area contributed by atoms with Crippen LogP contribution in [0.4, 0.5) is 0 Å². The lowest BCUT2D eigenvalue weighted by Crippen LogP contribution is -2.41. The summed E-state index contributed by atoms with van der Waals surface area (Å²) < 4.78 is 23.8. The normalized spacial score (nSPS) is 20.8. The average molecular weight is 322 g/mol. The van der Waals surface area contributed by atoms with Gasteiger partial charge in [0.2, 0.25) is 5.08 Å². The number of aliphatic hydroxyl groups is 1. The number of hydrogen-bond acceptors (Lipinski definition) is 5. The summed E-state index contributed by atoms with van der Waals surface area (Å²) in [6.07, 6.45) is 0.564. The quantitative estimate of drug-likeness (QED) is 0.360. The maximum atomic E-state index is 11.3. The van der Waals surface area contributed by atoms with Gasteiger partial charge in [0, 0.05) is 6.07 Å². The predicted octanol–water partition coefficient (Wildman–Crippen LogP) is -2.25. The predicted molar refractivity (Wildman–Crippen MR) is 62.7 cm³/mol. The van der Waals surface area contributed by atoms with Gasteiger partial charge in [-0.1, -0.05) is 11.1 Å². The molecule has 0 radical (unpaired) electrons. The van der Waals surface area contributed by atoms with Crippen molar-refractivity contribution in [1.29, 1.82) is 0 Å². The second-order valence-electron chi connectivity index (χ2n) is 4.33. The fourth-order valence-corrected chi connectivity index (χ4v) is 3.95. The number of fused-ring (bicyclic) bond motifs is 1. The Morgan fingerprint density at radius 1 is 1.35 bits per heavy atom. The van der Waals surface area contributed by atoms with Crippen molar-refractivity contribution in [3.05, 3.63) is 35.6 Å². The Morgan fingerprint density at radius 3 is 2.55 bits per heavy atom. The van der Waals surface area contributed by atoms with Gasteiger partial charge in [0.05, 0.1) is 12.6 Å². The van der Waals surface area contributed by atoms with Crippen molar-refractivity contribution in [2.24, 2.45) is 4.99 Å². The second-order valence-corrected chi connectivity index (χ2v) is 8.29. The van der Waals surface area contributed by atoms with E-state index in [2.05, 4.69) is 4.99 Å². The largest absolute Gasteiger partial charge is 0.776 e. The lowest BCUT2D eigenvalue weighted by Gasteiger charge is -2.35. The highest BCUT2D eigenvalue weighted by Gasteiger charge is 2.55. The summed E-state index contributed by atoms with van der Waals surface area (Å²) in [6, 6.07) is 4.90. The molecule has 2 heterocycles. The minimum atomic E-state index is -5.71. The highest BCUT2D eigenvalue weighted by Crippen LogP contribution is 2.67. The fraction of sp³-hybridized carbons (Fsp3) is 0.333. The molecule has 0 aromatic carbocycles. The van der Waals surface area contributed by atoms with Crippen molar-refractivity contribution in [2.45, 2.75) is 11.5 Å². The van der Waals surface area contributed by atoms with Crippen LogP contribution in [0.3, 0.4) is 0 Å². The fourth-order valence-electron chi connectivity index (χ4n) is 1.86. The van der Waals surface area contributed by atoms with Crippen LogP contribution in [-0.2, 0) is 9.13 Å². The monoisotopic (exact) mass is 322 g/mol. The Kier molecular flexibility index (Phi) is 3.73. The maximum absolute atomic E-state index is 11.3. The molecule has 0 saturated heterocycles. The van der Waals surface area contributed by atoms with E-state index in [0.29, 0.717) is 5.49 Å². The van der Waals surface area contributed by atoms with Gasteiger partial charge in [-0.05, 0) is 6.07 Å². The van der Waals surface area contributed by atoms with Crippen LogP contribution in [0.15, 0.2) is 29.4 Å². The molecule has 9 nitrogen and oxygen atoms in total. The first-order chi connectivity index (χ1) is 9.06. The Morgan fingerprint density at radius 2 is 2.00 bits per heavy atom. The molecule has 0 saturated carbocycles. The molecule has 2 atom stereocenters. The first-order valence-corrected chi connectivity index (χ1v) is 8.60. The molecular formula is C9H12N2O7P2. The van der Waals surface area contributed by atoms with E-state index in [-0.39, 0.29) is 12.3 Å². The van der Waals surface area contributed by atoms with Crippen LogP contribution in [-0.4, -0.2) is 31.4 Å². The van der Waals surface area contributed by atoms with Gasteiger partial charge in [0.1, 0.15) is 5.71 Å². The zero-order valence-electron chi connectivity index (χ0n) is 10.0. The van der Waals surface area contributed by atoms with Crippen LogP contribution >= 0.6 is 15.2 Å². The summed E-state index contributed by atoms with van der Waals surface area (Å²) in [4.78, 5) is 42.3. The Labute approximate surface area is 112 Å². The van der Waals surface area contributed by atoms with E-state index < -0.39 is 26.7 Å². The van der Waals surface area contributed by atoms with E-state index in [9.17, 15) is 19.1 Å². The summed E-state index contributed by atoms with van der Waals surface area (Å²) in [5, 5.41) is 6.25. The molecule has 1 aromatic heterocycles. The molecule has 0 aliphatic carbocycles. The Balaban J connectivity index is 2.56. The molecule has 0 bridgehead atoms. The Bertz CT molecular complexity index is 728. The van der Waals surface area contributed by atoms with E-state index in [0.717, 1.165) is 0 Å². The molecule has 1 aliphatic rings. The minimum absolute atomic E-state index is 0.0354. The standard InChI is InChI=1S/C9H12N2O7P2/c12-9(19(13,14)15,20(16,17)18)5-7-6-10-8-3-1-2-4-11(7)8/h1-4,12H,5-6H2,(H3-,13,14,15,16,17,18). The van der Waals surface area contributed by atoms with E-state index in [4.69, 9.17) is 14.7 Å². The third-order valence-electron chi connectivity index (χ3n) is 2.96. The van der Waals surface area contributed by atoms with Gasteiger partial charge in [-0.15, -0.1) is 0 Å². The first kappa shape index (κ1) is 15.5. The van der Waals surface area contributed by atoms with Crippen molar-refractivity contribution in [3.8, 4) is 0 Å². The zero-order valence-corrected chi connectivity index (χ0v) is 11.8. The molecule has 11 heteroatoms. The summed E-state index contributed by atoms with van der Waals surface area (Å²) >= 11 is 0. The van der Waals surface area contributed by atoms with Crippen LogP contribution in [0.5, 0.6) is 0 Å². The topological polar surface area (TPSA) is 156 Å². The molecule has 2 rings (SSSR count). The van der Waals surface area contributed by atoms with Crippen molar-refractivity contribution in [1.82, 2.24) is 0 Å². The summed E-state index contributed by atoms with van der Waals surface area (Å²) in [5.74, 6) is 0. The SMILES string of the molecule is O=P([O-])(O)C(O)(CC1=[n+]2ccccc2=NC1)P(=O)(O)O. The summed E-state index contributed by atoms with van der Waals surface area (Å²) in [7, 11) is -11.2. The molecule has 0 spiro atoms. The number of pyridine rings is 1. The van der Waals surface area contributed by atoms with E-state index >= 15 is 0 Å². The molecule has 2 unspecified atom stereocenters. The van der Waals surface area contributed by atoms with Crippen molar-refractivity contribution in [3.63, 3.8) is 0 Å². The zero-order chi connectivity index (χ0) is 15.2. The van der Waals surface area contributed by atoms with E-state index in [1.807, 2.05) is 0 Å². The van der Waals surface area contributed by atoms with Crippen molar-refractivity contribution in [2.75, 3.05) is 6.54 Å². The molecule has 0 fully saturated rings. The van der Waals surface area contributed by atoms with Gasteiger partial charge in [-0.2, -0.15) is 0 Å². The average Bonchev–Trinajstić information content (AvgIpc) is 2.70. The van der Waals surface area contributed by atoms with Gasteiger partial charge in [0.25, 0.3) is 0 Å². The van der Waals surface area contributed by atoms with Gasteiger partial charge in [-0.3, -0.25) is 4.57 Å². The highest BCUT2D eigenvalue weighted by molar-refractivity contribution is 7.71. The molecule has 0 amide bonds. The first-order valence-electron chi connectivity index (χ1n) is 5.41. The smallest absolute Gasteiger partial charge is 0.366 e. The lowest BCUT2D eigenvalue weighted by atomic mass is 10.3. The van der Waals surface area contributed by atoms with Crippen molar-refractivity contribution < 1.29 is 38.1 Å². The number of hydrogen-bond donors (Lipinski definition) is 4. The molecule has 4 N–H and O–H groups in total. The van der Waals surface area contributed by atoms with Gasteiger partial charge in [0.15, 0.2) is 14.1 Å². The van der Waals surface area contributed by atoms with Crippen molar-refractivity contribution >= 4 is 15.2 Å². The lowest BCUT2D eigenvalue weighted by molar-refractivity contribution is -0.537. The van der Waals surface area contributed by atoms with Crippen LogP contribution in [0.1, 0.15) is 6.42 Å². The summed E-state index contributed by atoms with van der Waals surface area (Å²) in [5.41, 5.74) is 0.603. The van der Waals surface area contributed by atoms with Crippen LogP contribution in [0.2, 0.25) is 0 Å². The Hall–Kier alpha value is -0.920. The van der Waals surface area contributed by atoms with Crippen LogP contribution in [0.25, 0.3) is 0 Å². The molecule has 1 aromatic rings. The second kappa shape index (κ2) is 4.82. The van der Waals surface area contributed by atoms with Gasteiger partial charge < -0.3 is 29.2 Å². The molecule has 1 aliphatic heterocycles. The summed E-state index contributed by atoms with van der Waals surface area (Å²) in [6.45, 7) is -0.0354. The molecular weight excluding hydrogens is 310 g/mol. The number of nitrogens with zero attached hydrogens (tertiary/aromatic N) is 2. The minimum Gasteiger partial charge on any atom is -0.776 e. The molecule has 110 valence electrons. The van der Waals surface area contributed by atoms with Gasteiger partial charge >= 0.3 is 13.1 Å². The number of aromatic nitrogens is 1. The maximum Gasteiger partial charge on any atom is 0.366 e. The van der Waals surface area contributed by atoms with Crippen LogP contribution < -0.4 is 14.6 Å². The van der Waals surface area contributed by atoms with Crippen LogP contribution in [0, 0.1) is 5.71 Å². The molecule has 20 heavy (non-hydrogen) atoms. The highest BCUT2D eigenvalue weighted by atomic mass is 31.2.